The Morgan fingerprint density at radius 3 is 2.28 bits per heavy atom. The van der Waals surface area contributed by atoms with Crippen LogP contribution in [-0.2, 0) is 23.7 Å². The van der Waals surface area contributed by atoms with Gasteiger partial charge in [0.15, 0.2) is 18.7 Å². The standard InChI is InChI=1S/C14H25NO10/c1-4-7(17)9(19)14(24-10(4)12(20)21)25-11-5(3-16)23-13(22-2)6(15)8(11)18/h4-11,13-14,16-19H,3,15H2,1-2H3,(H,20,21)/t4-,5?,6?,7?,8?,9-,10?,11-,13+,14+/m1/s1. The summed E-state index contributed by atoms with van der Waals surface area (Å²) < 4.78 is 21.0. The molecule has 2 aliphatic rings. The van der Waals surface area contributed by atoms with Crippen LogP contribution in [-0.4, -0.2) is 100 Å². The van der Waals surface area contributed by atoms with Crippen LogP contribution in [0.5, 0.6) is 0 Å². The highest BCUT2D eigenvalue weighted by Crippen LogP contribution is 2.30. The molecule has 2 fully saturated rings. The van der Waals surface area contributed by atoms with E-state index in [0.29, 0.717) is 0 Å². The lowest BCUT2D eigenvalue weighted by molar-refractivity contribution is -0.335. The molecule has 11 heteroatoms. The lowest BCUT2D eigenvalue weighted by atomic mass is 9.90. The summed E-state index contributed by atoms with van der Waals surface area (Å²) in [6.07, 6.45) is -10.6. The number of nitrogens with two attached hydrogens (primary N) is 1. The predicted molar refractivity (Wildman–Crippen MR) is 79.1 cm³/mol. The molecule has 0 bridgehead atoms. The second kappa shape index (κ2) is 8.20. The molecule has 0 amide bonds. The lowest BCUT2D eigenvalue weighted by Gasteiger charge is -2.46. The summed E-state index contributed by atoms with van der Waals surface area (Å²) in [5.74, 6) is -2.21. The Balaban J connectivity index is 2.16. The Kier molecular flexibility index (Phi) is 6.70. The van der Waals surface area contributed by atoms with E-state index in [0.717, 1.165) is 0 Å². The maximum absolute atomic E-state index is 11.2. The van der Waals surface area contributed by atoms with Gasteiger partial charge in [0, 0.05) is 13.0 Å². The molecule has 2 rings (SSSR count). The number of carboxylic acid groups (broad SMARTS) is 1. The van der Waals surface area contributed by atoms with Crippen LogP contribution in [0.15, 0.2) is 0 Å². The third kappa shape index (κ3) is 3.94. The summed E-state index contributed by atoms with van der Waals surface area (Å²) >= 11 is 0. The molecule has 0 saturated carbocycles. The van der Waals surface area contributed by atoms with Crippen LogP contribution in [0, 0.1) is 5.92 Å². The van der Waals surface area contributed by atoms with Gasteiger partial charge in [0.05, 0.1) is 18.8 Å². The summed E-state index contributed by atoms with van der Waals surface area (Å²) in [6.45, 7) is 0.857. The average Bonchev–Trinajstić information content (AvgIpc) is 2.58. The molecule has 0 aliphatic carbocycles. The molecule has 11 nitrogen and oxygen atoms in total. The fraction of sp³-hybridized carbons (Fsp3) is 0.929. The number of hydrogen-bond donors (Lipinski definition) is 6. The van der Waals surface area contributed by atoms with Gasteiger partial charge < -0.3 is 50.2 Å². The predicted octanol–water partition coefficient (Wildman–Crippen LogP) is -3.41. The van der Waals surface area contributed by atoms with Crippen molar-refractivity contribution in [2.75, 3.05) is 13.7 Å². The van der Waals surface area contributed by atoms with E-state index >= 15 is 0 Å². The molecular formula is C14H25NO10. The van der Waals surface area contributed by atoms with E-state index in [1.807, 2.05) is 0 Å². The van der Waals surface area contributed by atoms with Gasteiger partial charge in [-0.1, -0.05) is 6.92 Å². The quantitative estimate of drug-likeness (QED) is 0.285. The van der Waals surface area contributed by atoms with Crippen molar-refractivity contribution in [3.63, 3.8) is 0 Å². The first-order valence-electron chi connectivity index (χ1n) is 7.85. The van der Waals surface area contributed by atoms with Crippen molar-refractivity contribution < 1.29 is 49.3 Å². The van der Waals surface area contributed by atoms with Crippen molar-refractivity contribution in [2.24, 2.45) is 11.7 Å². The second-order valence-corrected chi connectivity index (χ2v) is 6.23. The topological polar surface area (TPSA) is 181 Å². The molecule has 2 aliphatic heterocycles. The van der Waals surface area contributed by atoms with Crippen LogP contribution in [0.4, 0.5) is 0 Å². The van der Waals surface area contributed by atoms with Gasteiger partial charge in [-0.2, -0.15) is 0 Å². The molecule has 25 heavy (non-hydrogen) atoms. The van der Waals surface area contributed by atoms with E-state index in [2.05, 4.69) is 0 Å². The molecular weight excluding hydrogens is 342 g/mol. The number of aliphatic hydroxyl groups excluding tert-OH is 4. The number of hydrogen-bond acceptors (Lipinski definition) is 10. The second-order valence-electron chi connectivity index (χ2n) is 6.23. The maximum Gasteiger partial charge on any atom is 0.333 e. The van der Waals surface area contributed by atoms with E-state index in [1.165, 1.54) is 14.0 Å². The van der Waals surface area contributed by atoms with E-state index in [-0.39, 0.29) is 0 Å². The molecule has 0 aromatic heterocycles. The van der Waals surface area contributed by atoms with Crippen LogP contribution in [0.2, 0.25) is 0 Å². The molecule has 0 radical (unpaired) electrons. The monoisotopic (exact) mass is 367 g/mol. The van der Waals surface area contributed by atoms with Crippen molar-refractivity contribution >= 4 is 5.97 Å². The number of methoxy groups -OCH3 is 1. The lowest BCUT2D eigenvalue weighted by Crippen LogP contribution is -2.65. The van der Waals surface area contributed by atoms with Gasteiger partial charge in [0.25, 0.3) is 0 Å². The molecule has 0 aromatic rings. The Labute approximate surface area is 143 Å². The Hall–Kier alpha value is -0.890. The average molecular weight is 367 g/mol. The van der Waals surface area contributed by atoms with Crippen LogP contribution in [0.3, 0.4) is 0 Å². The summed E-state index contributed by atoms with van der Waals surface area (Å²) in [5, 5.41) is 49.1. The summed E-state index contributed by atoms with van der Waals surface area (Å²) in [4.78, 5) is 11.2. The largest absolute Gasteiger partial charge is 0.479 e. The molecule has 0 aromatic carbocycles. The van der Waals surface area contributed by atoms with Crippen molar-refractivity contribution in [1.29, 1.82) is 0 Å². The number of rotatable bonds is 5. The zero-order valence-electron chi connectivity index (χ0n) is 13.8. The molecule has 0 spiro atoms. The highest BCUT2D eigenvalue weighted by atomic mass is 16.7. The van der Waals surface area contributed by atoms with Crippen LogP contribution < -0.4 is 5.73 Å². The molecule has 2 heterocycles. The molecule has 5 unspecified atom stereocenters. The van der Waals surface area contributed by atoms with Gasteiger partial charge in [-0.15, -0.1) is 0 Å². The van der Waals surface area contributed by atoms with Gasteiger partial charge in [0.2, 0.25) is 0 Å². The minimum Gasteiger partial charge on any atom is -0.479 e. The minimum atomic E-state index is -1.56. The minimum absolute atomic E-state index is 0.557. The van der Waals surface area contributed by atoms with Crippen LogP contribution >= 0.6 is 0 Å². The SMILES string of the molecule is CO[C@H]1OC(CO)[C@@H](O[C@@H]2OC(C(=O)O)[C@H](C)C(O)[C@H]2O)C(O)C1N. The first-order valence-corrected chi connectivity index (χ1v) is 7.85. The van der Waals surface area contributed by atoms with Gasteiger partial charge in [-0.05, 0) is 0 Å². The van der Waals surface area contributed by atoms with Gasteiger partial charge >= 0.3 is 5.97 Å². The molecule has 2 saturated heterocycles. The highest BCUT2D eigenvalue weighted by molar-refractivity contribution is 5.73. The Morgan fingerprint density at radius 2 is 1.76 bits per heavy atom. The number of aliphatic carboxylic acids is 1. The first kappa shape index (κ1) is 20.4. The van der Waals surface area contributed by atoms with E-state index in [9.17, 15) is 30.3 Å². The van der Waals surface area contributed by atoms with Crippen molar-refractivity contribution in [3.05, 3.63) is 0 Å². The number of carbonyl (C=O) groups is 1. The van der Waals surface area contributed by atoms with E-state index in [4.69, 9.17) is 24.7 Å². The molecule has 10 atom stereocenters. The third-order valence-electron chi connectivity index (χ3n) is 4.59. The molecule has 7 N–H and O–H groups in total. The van der Waals surface area contributed by atoms with Gasteiger partial charge in [-0.3, -0.25) is 0 Å². The first-order chi connectivity index (χ1) is 11.7. The smallest absolute Gasteiger partial charge is 0.333 e. The third-order valence-corrected chi connectivity index (χ3v) is 4.59. The number of carboxylic acids is 1. The maximum atomic E-state index is 11.2. The Morgan fingerprint density at radius 1 is 1.12 bits per heavy atom. The Bertz CT molecular complexity index is 463. The van der Waals surface area contributed by atoms with Crippen LogP contribution in [0.1, 0.15) is 6.92 Å². The normalized spacial score (nSPS) is 48.3. The van der Waals surface area contributed by atoms with Crippen molar-refractivity contribution in [1.82, 2.24) is 0 Å². The van der Waals surface area contributed by atoms with Crippen LogP contribution in [0.25, 0.3) is 0 Å². The number of ether oxygens (including phenoxy) is 4. The highest BCUT2D eigenvalue weighted by Gasteiger charge is 2.50. The zero-order valence-corrected chi connectivity index (χ0v) is 13.8. The van der Waals surface area contributed by atoms with Gasteiger partial charge in [-0.25, -0.2) is 4.79 Å². The number of aliphatic hydroxyl groups is 4. The van der Waals surface area contributed by atoms with E-state index in [1.54, 1.807) is 0 Å². The fourth-order valence-electron chi connectivity index (χ4n) is 3.02. The van der Waals surface area contributed by atoms with Crippen molar-refractivity contribution in [2.45, 2.75) is 62.2 Å². The summed E-state index contributed by atoms with van der Waals surface area (Å²) in [7, 11) is 1.32. The van der Waals surface area contributed by atoms with Gasteiger partial charge in [0.1, 0.15) is 24.4 Å². The summed E-state index contributed by atoms with van der Waals surface area (Å²) in [6, 6.07) is -1.02. The van der Waals surface area contributed by atoms with Crippen molar-refractivity contribution in [3.8, 4) is 0 Å². The van der Waals surface area contributed by atoms with E-state index < -0.39 is 73.7 Å². The summed E-state index contributed by atoms with van der Waals surface area (Å²) in [5.41, 5.74) is 5.80. The zero-order chi connectivity index (χ0) is 18.9. The molecule has 146 valence electrons. The fourth-order valence-corrected chi connectivity index (χ4v) is 3.02.